The van der Waals surface area contributed by atoms with E-state index in [9.17, 15) is 4.79 Å². The molecule has 0 saturated heterocycles. The summed E-state index contributed by atoms with van der Waals surface area (Å²) in [6, 6.07) is 0. The van der Waals surface area contributed by atoms with Gasteiger partial charge in [-0.3, -0.25) is 4.79 Å². The summed E-state index contributed by atoms with van der Waals surface area (Å²) >= 11 is 5.50. The number of ether oxygens (including phenoxy) is 3. The molecule has 5 heteroatoms. The van der Waals surface area contributed by atoms with Crippen molar-refractivity contribution >= 4 is 16.8 Å². The molecule has 2 atom stereocenters. The second kappa shape index (κ2) is 5.80. The van der Waals surface area contributed by atoms with Crippen LogP contribution in [-0.2, 0) is 19.0 Å². The summed E-state index contributed by atoms with van der Waals surface area (Å²) in [4.78, 5) is 11.1. The molecule has 88 valence electrons. The van der Waals surface area contributed by atoms with Crippen molar-refractivity contribution in [3.63, 3.8) is 0 Å². The molecule has 1 rings (SSSR count). The topological polar surface area (TPSA) is 44.8 Å². The fourth-order valence-electron chi connectivity index (χ4n) is 2.11. The fraction of sp³-hybridized carbons (Fsp3) is 0.900. The van der Waals surface area contributed by atoms with Gasteiger partial charge in [0.05, 0.1) is 12.2 Å². The Morgan fingerprint density at radius 3 is 1.80 bits per heavy atom. The first-order valence-corrected chi connectivity index (χ1v) is 5.29. The van der Waals surface area contributed by atoms with Gasteiger partial charge < -0.3 is 14.2 Å². The van der Waals surface area contributed by atoms with Crippen molar-refractivity contribution < 1.29 is 19.0 Å². The lowest BCUT2D eigenvalue weighted by Crippen LogP contribution is -2.48. The van der Waals surface area contributed by atoms with E-state index in [1.807, 2.05) is 0 Å². The molecule has 0 unspecified atom stereocenters. The van der Waals surface area contributed by atoms with E-state index >= 15 is 0 Å². The molecule has 0 aliphatic heterocycles. The monoisotopic (exact) mass is 236 g/mol. The number of methoxy groups -OCH3 is 3. The Labute approximate surface area is 94.8 Å². The van der Waals surface area contributed by atoms with Gasteiger partial charge in [-0.05, 0) is 24.4 Å². The SMILES string of the molecule is COC1[C@@H](OC)CC(C(=O)Cl)C[C@@H]1OC. The first kappa shape index (κ1) is 12.9. The molecule has 0 heterocycles. The van der Waals surface area contributed by atoms with Crippen LogP contribution in [0.1, 0.15) is 12.8 Å². The lowest BCUT2D eigenvalue weighted by atomic mass is 9.83. The van der Waals surface area contributed by atoms with Crippen molar-refractivity contribution in [3.05, 3.63) is 0 Å². The Balaban J connectivity index is 2.73. The minimum Gasteiger partial charge on any atom is -0.379 e. The molecule has 0 aromatic heterocycles. The summed E-state index contributed by atoms with van der Waals surface area (Å²) in [6.45, 7) is 0. The normalized spacial score (nSPS) is 36.5. The van der Waals surface area contributed by atoms with Crippen molar-refractivity contribution in [1.82, 2.24) is 0 Å². The Kier molecular flexibility index (Phi) is 4.99. The van der Waals surface area contributed by atoms with Gasteiger partial charge in [-0.2, -0.15) is 0 Å². The Hall–Kier alpha value is -0.160. The average molecular weight is 237 g/mol. The summed E-state index contributed by atoms with van der Waals surface area (Å²) in [6.07, 6.45) is 0.782. The largest absolute Gasteiger partial charge is 0.379 e. The molecular formula is C10H17ClO4. The van der Waals surface area contributed by atoms with E-state index < -0.39 is 0 Å². The second-order valence-electron chi connectivity index (χ2n) is 3.72. The summed E-state index contributed by atoms with van der Waals surface area (Å²) < 4.78 is 15.9. The maximum atomic E-state index is 11.1. The molecule has 1 fully saturated rings. The summed E-state index contributed by atoms with van der Waals surface area (Å²) in [7, 11) is 4.82. The zero-order chi connectivity index (χ0) is 11.4. The third kappa shape index (κ3) is 2.91. The molecule has 1 aliphatic rings. The maximum absolute atomic E-state index is 11.1. The Morgan fingerprint density at radius 2 is 1.53 bits per heavy atom. The van der Waals surface area contributed by atoms with Crippen LogP contribution in [0.25, 0.3) is 0 Å². The first-order valence-electron chi connectivity index (χ1n) is 4.91. The zero-order valence-electron chi connectivity index (χ0n) is 9.23. The Bertz CT molecular complexity index is 207. The highest BCUT2D eigenvalue weighted by molar-refractivity contribution is 6.64. The highest BCUT2D eigenvalue weighted by atomic mass is 35.5. The highest BCUT2D eigenvalue weighted by Crippen LogP contribution is 2.31. The van der Waals surface area contributed by atoms with Crippen LogP contribution in [-0.4, -0.2) is 44.9 Å². The van der Waals surface area contributed by atoms with Gasteiger partial charge in [0.1, 0.15) is 6.10 Å². The molecule has 0 amide bonds. The molecule has 0 aromatic carbocycles. The van der Waals surface area contributed by atoms with Gasteiger partial charge in [-0.25, -0.2) is 0 Å². The van der Waals surface area contributed by atoms with Crippen LogP contribution in [0.5, 0.6) is 0 Å². The lowest BCUT2D eigenvalue weighted by molar-refractivity contribution is -0.147. The molecule has 4 nitrogen and oxygen atoms in total. The number of rotatable bonds is 4. The van der Waals surface area contributed by atoms with E-state index in [2.05, 4.69) is 0 Å². The van der Waals surface area contributed by atoms with Gasteiger partial charge in [-0.15, -0.1) is 0 Å². The molecule has 1 aliphatic carbocycles. The van der Waals surface area contributed by atoms with E-state index in [-0.39, 0.29) is 29.5 Å². The number of hydrogen-bond acceptors (Lipinski definition) is 4. The second-order valence-corrected chi connectivity index (χ2v) is 4.09. The third-order valence-electron chi connectivity index (χ3n) is 2.97. The van der Waals surface area contributed by atoms with Crippen LogP contribution >= 0.6 is 11.6 Å². The molecule has 1 saturated carbocycles. The fourth-order valence-corrected chi connectivity index (χ4v) is 2.29. The van der Waals surface area contributed by atoms with Crippen molar-refractivity contribution in [2.24, 2.45) is 5.92 Å². The van der Waals surface area contributed by atoms with Gasteiger partial charge in [0, 0.05) is 27.2 Å². The van der Waals surface area contributed by atoms with Crippen molar-refractivity contribution in [3.8, 4) is 0 Å². The van der Waals surface area contributed by atoms with Gasteiger partial charge in [0.25, 0.3) is 0 Å². The number of hydrogen-bond donors (Lipinski definition) is 0. The highest BCUT2D eigenvalue weighted by Gasteiger charge is 2.40. The van der Waals surface area contributed by atoms with Gasteiger partial charge in [-0.1, -0.05) is 0 Å². The molecular weight excluding hydrogens is 220 g/mol. The maximum Gasteiger partial charge on any atom is 0.224 e. The van der Waals surface area contributed by atoms with Gasteiger partial charge >= 0.3 is 0 Å². The predicted octanol–water partition coefficient (Wildman–Crippen LogP) is 1.21. The average Bonchev–Trinajstić information content (AvgIpc) is 2.26. The standard InChI is InChI=1S/C10H17ClO4/c1-13-7-4-6(10(11)12)5-8(14-2)9(7)15-3/h6-9H,4-5H2,1-3H3/t6?,7-,8-,9?/m0/s1. The number of carbonyl (C=O) groups is 1. The summed E-state index contributed by atoms with van der Waals surface area (Å²) in [5.41, 5.74) is 0. The minimum absolute atomic E-state index is 0.132. The van der Waals surface area contributed by atoms with Crippen LogP contribution < -0.4 is 0 Å². The zero-order valence-corrected chi connectivity index (χ0v) is 9.99. The predicted molar refractivity (Wildman–Crippen MR) is 56.0 cm³/mol. The number of halogens is 1. The third-order valence-corrected chi connectivity index (χ3v) is 3.27. The molecule has 0 N–H and O–H groups in total. The quantitative estimate of drug-likeness (QED) is 0.689. The molecule has 15 heavy (non-hydrogen) atoms. The lowest BCUT2D eigenvalue weighted by Gasteiger charge is -2.38. The van der Waals surface area contributed by atoms with Crippen LogP contribution in [0.3, 0.4) is 0 Å². The van der Waals surface area contributed by atoms with Gasteiger partial charge in [0.15, 0.2) is 0 Å². The molecule has 0 spiro atoms. The molecule has 0 bridgehead atoms. The molecule has 0 radical (unpaired) electrons. The van der Waals surface area contributed by atoms with Crippen LogP contribution in [0.4, 0.5) is 0 Å². The molecule has 0 aromatic rings. The number of carbonyl (C=O) groups excluding carboxylic acids is 1. The van der Waals surface area contributed by atoms with E-state index in [4.69, 9.17) is 25.8 Å². The van der Waals surface area contributed by atoms with Crippen molar-refractivity contribution in [2.75, 3.05) is 21.3 Å². The first-order chi connectivity index (χ1) is 7.13. The summed E-state index contributed by atoms with van der Waals surface area (Å²) in [5, 5.41) is -0.325. The van der Waals surface area contributed by atoms with E-state index in [1.54, 1.807) is 21.3 Å². The Morgan fingerprint density at radius 1 is 1.07 bits per heavy atom. The van der Waals surface area contributed by atoms with Crippen LogP contribution in [0.15, 0.2) is 0 Å². The van der Waals surface area contributed by atoms with Crippen LogP contribution in [0, 0.1) is 5.92 Å². The van der Waals surface area contributed by atoms with Gasteiger partial charge in [0.2, 0.25) is 5.24 Å². The summed E-state index contributed by atoms with van der Waals surface area (Å²) in [5.74, 6) is -0.201. The van der Waals surface area contributed by atoms with E-state index in [1.165, 1.54) is 0 Å². The van der Waals surface area contributed by atoms with Crippen molar-refractivity contribution in [1.29, 1.82) is 0 Å². The minimum atomic E-state index is -0.325. The van der Waals surface area contributed by atoms with Crippen LogP contribution in [0.2, 0.25) is 0 Å². The van der Waals surface area contributed by atoms with Crippen molar-refractivity contribution in [2.45, 2.75) is 31.2 Å². The van der Waals surface area contributed by atoms with E-state index in [0.29, 0.717) is 12.8 Å². The van der Waals surface area contributed by atoms with E-state index in [0.717, 1.165) is 0 Å². The smallest absolute Gasteiger partial charge is 0.224 e.